The molecule has 0 bridgehead atoms. The number of carboxylic acids is 1. The van der Waals surface area contributed by atoms with Crippen molar-refractivity contribution in [1.82, 2.24) is 4.90 Å². The summed E-state index contributed by atoms with van der Waals surface area (Å²) in [4.78, 5) is 25.7. The van der Waals surface area contributed by atoms with Gasteiger partial charge < -0.3 is 14.7 Å². The first-order valence-electron chi connectivity index (χ1n) is 7.14. The van der Waals surface area contributed by atoms with Crippen molar-refractivity contribution >= 4 is 11.9 Å². The van der Waals surface area contributed by atoms with Crippen molar-refractivity contribution in [3.05, 3.63) is 0 Å². The van der Waals surface area contributed by atoms with Crippen LogP contribution >= 0.6 is 0 Å². The van der Waals surface area contributed by atoms with Crippen molar-refractivity contribution in [3.63, 3.8) is 0 Å². The molecule has 2 saturated heterocycles. The Bertz CT molecular complexity index is 370. The van der Waals surface area contributed by atoms with E-state index in [-0.39, 0.29) is 17.9 Å². The maximum atomic E-state index is 12.4. The van der Waals surface area contributed by atoms with Crippen LogP contribution in [0.2, 0.25) is 0 Å². The summed E-state index contributed by atoms with van der Waals surface area (Å²) in [5.41, 5.74) is -0.729. The van der Waals surface area contributed by atoms with E-state index in [9.17, 15) is 14.7 Å². The fourth-order valence-corrected chi connectivity index (χ4v) is 3.32. The van der Waals surface area contributed by atoms with Crippen LogP contribution in [0.1, 0.15) is 39.5 Å². The Morgan fingerprint density at radius 1 is 1.47 bits per heavy atom. The van der Waals surface area contributed by atoms with Gasteiger partial charge in [0.1, 0.15) is 0 Å². The van der Waals surface area contributed by atoms with Gasteiger partial charge in [0.05, 0.1) is 17.4 Å². The van der Waals surface area contributed by atoms with Gasteiger partial charge in [-0.05, 0) is 26.2 Å². The van der Waals surface area contributed by atoms with Gasteiger partial charge in [-0.15, -0.1) is 0 Å². The van der Waals surface area contributed by atoms with Crippen molar-refractivity contribution in [2.24, 2.45) is 11.3 Å². The molecule has 19 heavy (non-hydrogen) atoms. The predicted octanol–water partition coefficient (Wildman–Crippen LogP) is 1.51. The molecule has 5 heteroatoms. The Labute approximate surface area is 113 Å². The van der Waals surface area contributed by atoms with E-state index in [2.05, 4.69) is 0 Å². The first kappa shape index (κ1) is 14.3. The van der Waals surface area contributed by atoms with Gasteiger partial charge in [0.25, 0.3) is 0 Å². The molecule has 0 aromatic heterocycles. The van der Waals surface area contributed by atoms with Crippen LogP contribution in [0.3, 0.4) is 0 Å². The van der Waals surface area contributed by atoms with Crippen molar-refractivity contribution in [2.75, 3.05) is 19.7 Å². The number of aliphatic carboxylic acids is 1. The Morgan fingerprint density at radius 3 is 2.74 bits per heavy atom. The van der Waals surface area contributed by atoms with E-state index in [0.29, 0.717) is 32.5 Å². The summed E-state index contributed by atoms with van der Waals surface area (Å²) in [5, 5.41) is 9.45. The van der Waals surface area contributed by atoms with Gasteiger partial charge in [-0.1, -0.05) is 13.3 Å². The standard InChI is InChI=1S/C14H23NO4/c1-3-5-14(13(17)18)6-7-15(9-14)12(16)11-4-8-19-10(11)2/h10-11H,3-9H2,1-2H3,(H,17,18). The van der Waals surface area contributed by atoms with Crippen molar-refractivity contribution in [3.8, 4) is 0 Å². The monoisotopic (exact) mass is 269 g/mol. The summed E-state index contributed by atoms with van der Waals surface area (Å²) in [6.07, 6.45) is 2.76. The van der Waals surface area contributed by atoms with Crippen LogP contribution < -0.4 is 0 Å². The van der Waals surface area contributed by atoms with E-state index in [0.717, 1.165) is 12.8 Å². The average Bonchev–Trinajstić information content (AvgIpc) is 2.96. The van der Waals surface area contributed by atoms with Crippen LogP contribution in [-0.4, -0.2) is 47.7 Å². The first-order valence-corrected chi connectivity index (χ1v) is 7.14. The van der Waals surface area contributed by atoms with Crippen LogP contribution in [0.5, 0.6) is 0 Å². The van der Waals surface area contributed by atoms with E-state index in [1.807, 2.05) is 13.8 Å². The Hall–Kier alpha value is -1.10. The fraction of sp³-hybridized carbons (Fsp3) is 0.857. The molecule has 3 atom stereocenters. The normalized spacial score (nSPS) is 34.7. The highest BCUT2D eigenvalue weighted by atomic mass is 16.5. The molecule has 1 N–H and O–H groups in total. The maximum Gasteiger partial charge on any atom is 0.311 e. The second-order valence-electron chi connectivity index (χ2n) is 5.82. The third-order valence-electron chi connectivity index (χ3n) is 4.54. The average molecular weight is 269 g/mol. The highest BCUT2D eigenvalue weighted by Crippen LogP contribution is 2.37. The lowest BCUT2D eigenvalue weighted by molar-refractivity contribution is -0.149. The molecule has 2 fully saturated rings. The minimum absolute atomic E-state index is 0.0431. The zero-order valence-electron chi connectivity index (χ0n) is 11.7. The Balaban J connectivity index is 2.04. The van der Waals surface area contributed by atoms with Gasteiger partial charge in [-0.25, -0.2) is 0 Å². The van der Waals surface area contributed by atoms with Crippen LogP contribution in [0.15, 0.2) is 0 Å². The van der Waals surface area contributed by atoms with Crippen molar-refractivity contribution in [1.29, 1.82) is 0 Å². The highest BCUT2D eigenvalue weighted by molar-refractivity contribution is 5.82. The zero-order chi connectivity index (χ0) is 14.0. The summed E-state index contributed by atoms with van der Waals surface area (Å²) in [5.74, 6) is -0.782. The fourth-order valence-electron chi connectivity index (χ4n) is 3.32. The number of carboxylic acid groups (broad SMARTS) is 1. The minimum Gasteiger partial charge on any atom is -0.481 e. The van der Waals surface area contributed by atoms with Crippen molar-refractivity contribution < 1.29 is 19.4 Å². The molecule has 2 aliphatic rings. The number of ether oxygens (including phenoxy) is 1. The van der Waals surface area contributed by atoms with E-state index in [1.165, 1.54) is 0 Å². The summed E-state index contributed by atoms with van der Waals surface area (Å²) in [6.45, 7) is 5.46. The molecule has 108 valence electrons. The number of hydrogen-bond acceptors (Lipinski definition) is 3. The summed E-state index contributed by atoms with van der Waals surface area (Å²) in [6, 6.07) is 0. The third kappa shape index (κ3) is 2.61. The number of amides is 1. The van der Waals surface area contributed by atoms with E-state index in [4.69, 9.17) is 4.74 Å². The molecule has 2 aliphatic heterocycles. The van der Waals surface area contributed by atoms with Gasteiger partial charge in [0, 0.05) is 19.7 Å². The van der Waals surface area contributed by atoms with E-state index >= 15 is 0 Å². The second kappa shape index (κ2) is 5.49. The predicted molar refractivity (Wildman–Crippen MR) is 69.7 cm³/mol. The number of nitrogens with zero attached hydrogens (tertiary/aromatic N) is 1. The first-order chi connectivity index (χ1) is 9.00. The van der Waals surface area contributed by atoms with E-state index < -0.39 is 11.4 Å². The van der Waals surface area contributed by atoms with Crippen LogP contribution in [0, 0.1) is 11.3 Å². The molecule has 0 saturated carbocycles. The quantitative estimate of drug-likeness (QED) is 0.840. The third-order valence-corrected chi connectivity index (χ3v) is 4.54. The van der Waals surface area contributed by atoms with Crippen LogP contribution in [0.25, 0.3) is 0 Å². The smallest absolute Gasteiger partial charge is 0.311 e. The Kier molecular flexibility index (Phi) is 4.13. The van der Waals surface area contributed by atoms with Gasteiger partial charge >= 0.3 is 5.97 Å². The molecule has 0 aromatic carbocycles. The molecule has 5 nitrogen and oxygen atoms in total. The summed E-state index contributed by atoms with van der Waals surface area (Å²) < 4.78 is 5.43. The summed E-state index contributed by atoms with van der Waals surface area (Å²) >= 11 is 0. The summed E-state index contributed by atoms with van der Waals surface area (Å²) in [7, 11) is 0. The van der Waals surface area contributed by atoms with Crippen LogP contribution in [0.4, 0.5) is 0 Å². The molecular formula is C14H23NO4. The molecule has 2 heterocycles. The van der Waals surface area contributed by atoms with Gasteiger partial charge in [0.15, 0.2) is 0 Å². The number of carbonyl (C=O) groups excluding carboxylic acids is 1. The highest BCUT2D eigenvalue weighted by Gasteiger charge is 2.47. The molecule has 0 radical (unpaired) electrons. The minimum atomic E-state index is -0.764. The van der Waals surface area contributed by atoms with Gasteiger partial charge in [0.2, 0.25) is 5.91 Å². The molecule has 0 aliphatic carbocycles. The number of hydrogen-bond donors (Lipinski definition) is 1. The van der Waals surface area contributed by atoms with Gasteiger partial charge in [-0.2, -0.15) is 0 Å². The van der Waals surface area contributed by atoms with Gasteiger partial charge in [-0.3, -0.25) is 9.59 Å². The maximum absolute atomic E-state index is 12.4. The van der Waals surface area contributed by atoms with Crippen LogP contribution in [-0.2, 0) is 14.3 Å². The lowest BCUT2D eigenvalue weighted by Crippen LogP contribution is -2.40. The lowest BCUT2D eigenvalue weighted by atomic mass is 9.83. The molecular weight excluding hydrogens is 246 g/mol. The number of rotatable bonds is 4. The topological polar surface area (TPSA) is 66.8 Å². The largest absolute Gasteiger partial charge is 0.481 e. The lowest BCUT2D eigenvalue weighted by Gasteiger charge is -2.26. The number of likely N-dealkylation sites (tertiary alicyclic amines) is 1. The second-order valence-corrected chi connectivity index (χ2v) is 5.82. The van der Waals surface area contributed by atoms with Crippen molar-refractivity contribution in [2.45, 2.75) is 45.6 Å². The number of carbonyl (C=O) groups is 2. The molecule has 2 rings (SSSR count). The molecule has 1 amide bonds. The molecule has 0 spiro atoms. The SMILES string of the molecule is CCCC1(C(=O)O)CCN(C(=O)C2CCOC2C)C1. The molecule has 3 unspecified atom stereocenters. The Morgan fingerprint density at radius 2 is 2.21 bits per heavy atom. The zero-order valence-corrected chi connectivity index (χ0v) is 11.7. The van der Waals surface area contributed by atoms with E-state index in [1.54, 1.807) is 4.90 Å². The molecule has 0 aromatic rings.